The van der Waals surface area contributed by atoms with Gasteiger partial charge in [-0.2, -0.15) is 0 Å². The first-order chi connectivity index (χ1) is 11.2. The van der Waals surface area contributed by atoms with E-state index in [4.69, 9.17) is 9.47 Å². The lowest BCUT2D eigenvalue weighted by atomic mass is 10.2. The topological polar surface area (TPSA) is 91.3 Å². The Kier molecular flexibility index (Phi) is 4.75. The number of benzene rings is 1. The fraction of sp³-hybridized carbons (Fsp3) is 0.467. The van der Waals surface area contributed by atoms with E-state index < -0.39 is 6.41 Å². The van der Waals surface area contributed by atoms with E-state index in [-0.39, 0.29) is 18.6 Å². The van der Waals surface area contributed by atoms with Crippen molar-refractivity contribution >= 4 is 23.7 Å². The molecule has 3 rings (SSSR count). The van der Waals surface area contributed by atoms with E-state index in [9.17, 15) is 14.7 Å². The predicted molar refractivity (Wildman–Crippen MR) is 81.9 cm³/mol. The fourth-order valence-corrected chi connectivity index (χ4v) is 2.74. The Hall–Kier alpha value is -2.16. The Morgan fingerprint density at radius 3 is 2.74 bits per heavy atom. The van der Waals surface area contributed by atoms with Crippen molar-refractivity contribution in [3.8, 4) is 0 Å². The molecule has 0 aliphatic carbocycles. The zero-order chi connectivity index (χ0) is 16.2. The van der Waals surface area contributed by atoms with Gasteiger partial charge in [0.05, 0.1) is 19.3 Å². The second-order valence-corrected chi connectivity index (χ2v) is 5.38. The van der Waals surface area contributed by atoms with Crippen LogP contribution in [0.4, 0.5) is 11.4 Å². The maximum Gasteiger partial charge on any atom is 0.253 e. The molecule has 2 saturated heterocycles. The third-order valence-electron chi connectivity index (χ3n) is 3.89. The number of nitrogens with zero attached hydrogens (tertiary/aromatic N) is 2. The molecule has 8 heteroatoms. The van der Waals surface area contributed by atoms with Crippen LogP contribution in [0.2, 0.25) is 0 Å². The molecular formula is C15H19N3O5. The van der Waals surface area contributed by atoms with E-state index in [1.54, 1.807) is 9.80 Å². The number of aliphatic hydroxyl groups excluding tert-OH is 1. The third kappa shape index (κ3) is 3.44. The number of anilines is 2. The van der Waals surface area contributed by atoms with Crippen LogP contribution in [0.3, 0.4) is 0 Å². The van der Waals surface area contributed by atoms with E-state index in [0.29, 0.717) is 32.7 Å². The van der Waals surface area contributed by atoms with Gasteiger partial charge in [-0.05, 0) is 24.3 Å². The van der Waals surface area contributed by atoms with Crippen LogP contribution in [0.1, 0.15) is 0 Å². The van der Waals surface area contributed by atoms with Crippen molar-refractivity contribution < 1.29 is 24.2 Å². The smallest absolute Gasteiger partial charge is 0.253 e. The first-order valence-corrected chi connectivity index (χ1v) is 7.44. The van der Waals surface area contributed by atoms with Crippen LogP contribution in [0.15, 0.2) is 24.3 Å². The second-order valence-electron chi connectivity index (χ2n) is 5.38. The van der Waals surface area contributed by atoms with Gasteiger partial charge in [-0.3, -0.25) is 9.59 Å². The van der Waals surface area contributed by atoms with Crippen LogP contribution < -0.4 is 15.1 Å². The molecule has 0 aromatic heterocycles. The predicted octanol–water partition coefficient (Wildman–Crippen LogP) is -0.723. The third-order valence-corrected chi connectivity index (χ3v) is 3.89. The molecule has 2 heterocycles. The van der Waals surface area contributed by atoms with E-state index >= 15 is 0 Å². The molecule has 1 aromatic carbocycles. The SMILES string of the molecule is O=CNCC1CN(c2ccc(N3CCOCC3=O)cc2)C(O)O1. The van der Waals surface area contributed by atoms with Gasteiger partial charge in [0.2, 0.25) is 12.8 Å². The zero-order valence-electron chi connectivity index (χ0n) is 12.6. The normalized spacial score (nSPS) is 24.8. The van der Waals surface area contributed by atoms with Gasteiger partial charge in [-0.1, -0.05) is 0 Å². The van der Waals surface area contributed by atoms with E-state index in [0.717, 1.165) is 11.4 Å². The van der Waals surface area contributed by atoms with Crippen LogP contribution in [0.25, 0.3) is 0 Å². The van der Waals surface area contributed by atoms with Crippen molar-refractivity contribution in [2.75, 3.05) is 42.6 Å². The average Bonchev–Trinajstić information content (AvgIpc) is 2.94. The molecule has 124 valence electrons. The molecule has 2 fully saturated rings. The summed E-state index contributed by atoms with van der Waals surface area (Å²) in [5.74, 6) is -0.0615. The maximum atomic E-state index is 11.8. The molecule has 0 spiro atoms. The first-order valence-electron chi connectivity index (χ1n) is 7.44. The second kappa shape index (κ2) is 6.95. The molecule has 1 aromatic rings. The number of carbonyl (C=O) groups is 2. The monoisotopic (exact) mass is 321 g/mol. The molecule has 8 nitrogen and oxygen atoms in total. The van der Waals surface area contributed by atoms with E-state index in [2.05, 4.69) is 5.32 Å². The molecular weight excluding hydrogens is 302 g/mol. The molecule has 23 heavy (non-hydrogen) atoms. The van der Waals surface area contributed by atoms with Crippen LogP contribution >= 0.6 is 0 Å². The Balaban J connectivity index is 1.67. The molecule has 2 N–H and O–H groups in total. The molecule has 2 aliphatic heterocycles. The Labute approximate surface area is 133 Å². The highest BCUT2D eigenvalue weighted by Crippen LogP contribution is 2.26. The Morgan fingerprint density at radius 2 is 2.04 bits per heavy atom. The highest BCUT2D eigenvalue weighted by Gasteiger charge is 2.31. The number of ether oxygens (including phenoxy) is 2. The van der Waals surface area contributed by atoms with E-state index in [1.165, 1.54) is 0 Å². The van der Waals surface area contributed by atoms with Crippen LogP contribution in [-0.4, -0.2) is 62.8 Å². The average molecular weight is 321 g/mol. The first kappa shape index (κ1) is 15.7. The summed E-state index contributed by atoms with van der Waals surface area (Å²) in [5.41, 5.74) is 1.59. The van der Waals surface area contributed by atoms with Gasteiger partial charge in [-0.25, -0.2) is 0 Å². The number of amides is 2. The summed E-state index contributed by atoms with van der Waals surface area (Å²) in [5, 5.41) is 12.5. The van der Waals surface area contributed by atoms with E-state index in [1.807, 2.05) is 24.3 Å². The minimum Gasteiger partial charge on any atom is -0.370 e. The summed E-state index contributed by atoms with van der Waals surface area (Å²) in [7, 11) is 0. The quantitative estimate of drug-likeness (QED) is 0.695. The van der Waals surface area contributed by atoms with Crippen molar-refractivity contribution in [2.45, 2.75) is 12.5 Å². The van der Waals surface area contributed by atoms with Crippen LogP contribution in [0, 0.1) is 0 Å². The summed E-state index contributed by atoms with van der Waals surface area (Å²) in [6.07, 6.45) is -0.716. The summed E-state index contributed by atoms with van der Waals surface area (Å²) < 4.78 is 10.5. The lowest BCUT2D eigenvalue weighted by molar-refractivity contribution is -0.125. The van der Waals surface area contributed by atoms with Crippen molar-refractivity contribution in [3.63, 3.8) is 0 Å². The summed E-state index contributed by atoms with van der Waals surface area (Å²) >= 11 is 0. The minimum absolute atomic E-state index is 0.0615. The van der Waals surface area contributed by atoms with Crippen molar-refractivity contribution in [2.24, 2.45) is 0 Å². The Morgan fingerprint density at radius 1 is 1.30 bits per heavy atom. The number of morpholine rings is 1. The number of aliphatic hydroxyl groups is 1. The molecule has 2 amide bonds. The van der Waals surface area contributed by atoms with Gasteiger partial charge in [-0.15, -0.1) is 0 Å². The zero-order valence-corrected chi connectivity index (χ0v) is 12.6. The maximum absolute atomic E-state index is 11.8. The highest BCUT2D eigenvalue weighted by molar-refractivity contribution is 5.95. The number of hydrogen-bond donors (Lipinski definition) is 2. The number of carbonyl (C=O) groups excluding carboxylic acids is 2. The highest BCUT2D eigenvalue weighted by atomic mass is 16.6. The Bertz CT molecular complexity index is 565. The lowest BCUT2D eigenvalue weighted by Crippen LogP contribution is -2.41. The van der Waals surface area contributed by atoms with Crippen LogP contribution in [-0.2, 0) is 19.1 Å². The van der Waals surface area contributed by atoms with Gasteiger partial charge in [0.15, 0.2) is 0 Å². The fourth-order valence-electron chi connectivity index (χ4n) is 2.74. The van der Waals surface area contributed by atoms with Crippen LogP contribution in [0.5, 0.6) is 0 Å². The van der Waals surface area contributed by atoms with Gasteiger partial charge < -0.3 is 29.7 Å². The largest absolute Gasteiger partial charge is 0.370 e. The van der Waals surface area contributed by atoms with Gasteiger partial charge in [0, 0.05) is 24.5 Å². The molecule has 0 radical (unpaired) electrons. The van der Waals surface area contributed by atoms with Gasteiger partial charge in [0.1, 0.15) is 6.61 Å². The summed E-state index contributed by atoms with van der Waals surface area (Å²) in [4.78, 5) is 25.5. The summed E-state index contributed by atoms with van der Waals surface area (Å²) in [6.45, 7) is 1.98. The van der Waals surface area contributed by atoms with Gasteiger partial charge >= 0.3 is 0 Å². The minimum atomic E-state index is -1.05. The standard InChI is InChI=1S/C15H19N3O5/c19-10-16-7-13-8-18(15(21)23-13)12-3-1-11(2-4-12)17-5-6-22-9-14(17)20/h1-4,10,13,15,21H,5-9H2,(H,16,19). The van der Waals surface area contributed by atoms with Gasteiger partial charge in [0.25, 0.3) is 5.91 Å². The molecule has 2 atom stereocenters. The number of nitrogens with one attached hydrogen (secondary N) is 1. The molecule has 0 bridgehead atoms. The summed E-state index contributed by atoms with van der Waals surface area (Å²) in [6, 6.07) is 7.34. The lowest BCUT2D eigenvalue weighted by Gasteiger charge is -2.27. The number of rotatable bonds is 5. The van der Waals surface area contributed by atoms with Crippen molar-refractivity contribution in [3.05, 3.63) is 24.3 Å². The molecule has 2 aliphatic rings. The molecule has 2 unspecified atom stereocenters. The van der Waals surface area contributed by atoms with Crippen molar-refractivity contribution in [1.82, 2.24) is 5.32 Å². The molecule has 0 saturated carbocycles. The van der Waals surface area contributed by atoms with Crippen molar-refractivity contribution in [1.29, 1.82) is 0 Å². The number of hydrogen-bond acceptors (Lipinski definition) is 6.